The molecule has 2 aromatic rings. The largest absolute Gasteiger partial charge is 0.368 e. The summed E-state index contributed by atoms with van der Waals surface area (Å²) in [5.41, 5.74) is 9.39. The number of aromatic nitrogens is 1. The topological polar surface area (TPSA) is 51.3 Å². The third-order valence-corrected chi connectivity index (χ3v) is 5.23. The number of hydrogen-bond acceptors (Lipinski definition) is 2. The minimum atomic E-state index is -0.280. The molecule has 2 N–H and O–H groups in total. The molecule has 0 unspecified atom stereocenters. The van der Waals surface area contributed by atoms with Crippen LogP contribution in [0, 0.1) is 0 Å². The molecule has 1 aliphatic carbocycles. The van der Waals surface area contributed by atoms with Gasteiger partial charge in [0.1, 0.15) is 6.54 Å². The molecule has 1 aromatic carbocycles. The summed E-state index contributed by atoms with van der Waals surface area (Å²) < 4.78 is 2.02. The van der Waals surface area contributed by atoms with E-state index in [0.717, 1.165) is 11.9 Å². The molecule has 4 rings (SSSR count). The number of nitrogens with two attached hydrogens (primary N) is 1. The molecule has 2 atom stereocenters. The molecular formula is C17H21N3O. The van der Waals surface area contributed by atoms with Crippen LogP contribution in [0.15, 0.2) is 24.4 Å². The van der Waals surface area contributed by atoms with Gasteiger partial charge in [-0.25, -0.2) is 0 Å². The fourth-order valence-corrected chi connectivity index (χ4v) is 4.34. The molecule has 1 amide bonds. The van der Waals surface area contributed by atoms with Gasteiger partial charge in [-0.15, -0.1) is 0 Å². The van der Waals surface area contributed by atoms with Crippen LogP contribution in [0.4, 0.5) is 0 Å². The number of likely N-dealkylation sites (tertiary alicyclic amines) is 1. The van der Waals surface area contributed by atoms with Gasteiger partial charge in [0, 0.05) is 29.1 Å². The number of carbonyl (C=O) groups excluding carboxylic acids is 1. The maximum Gasteiger partial charge on any atom is 0.237 e. The normalized spacial score (nSPS) is 25.0. The van der Waals surface area contributed by atoms with E-state index in [-0.39, 0.29) is 12.5 Å². The number of fused-ring (bicyclic) bond motifs is 2. The number of hydrogen-bond donors (Lipinski definition) is 1. The zero-order valence-corrected chi connectivity index (χ0v) is 12.4. The van der Waals surface area contributed by atoms with E-state index in [2.05, 4.69) is 36.3 Å². The standard InChI is InChI=1S/C17H21N3O/c1-19-7-3-5-12-13-4-2-6-14-17(13)11(8-15(12)19)9-20(14)10-16(18)21/h2,4,6,9,12,15H,3,5,7-8,10H2,1H3,(H2,18,21)/t12-,15-/m0/s1. The number of piperidine rings is 1. The van der Waals surface area contributed by atoms with Crippen LogP contribution in [0.1, 0.15) is 29.9 Å². The zero-order valence-electron chi connectivity index (χ0n) is 12.4. The van der Waals surface area contributed by atoms with Crippen molar-refractivity contribution in [2.45, 2.75) is 37.8 Å². The Morgan fingerprint density at radius 3 is 3.10 bits per heavy atom. The fraction of sp³-hybridized carbons (Fsp3) is 0.471. The van der Waals surface area contributed by atoms with Gasteiger partial charge < -0.3 is 15.2 Å². The summed E-state index contributed by atoms with van der Waals surface area (Å²) in [5, 5.41) is 1.37. The van der Waals surface area contributed by atoms with Crippen LogP contribution >= 0.6 is 0 Å². The molecule has 1 saturated heterocycles. The van der Waals surface area contributed by atoms with Crippen LogP contribution in [0.2, 0.25) is 0 Å². The molecule has 2 aliphatic rings. The number of primary amides is 1. The van der Waals surface area contributed by atoms with E-state index >= 15 is 0 Å². The Kier molecular flexibility index (Phi) is 2.82. The van der Waals surface area contributed by atoms with Gasteiger partial charge >= 0.3 is 0 Å². The van der Waals surface area contributed by atoms with Crippen LogP contribution < -0.4 is 5.73 Å². The van der Waals surface area contributed by atoms with Crippen molar-refractivity contribution in [3.63, 3.8) is 0 Å². The molecule has 0 bridgehead atoms. The lowest BCUT2D eigenvalue weighted by Gasteiger charge is -2.42. The third kappa shape index (κ3) is 1.89. The SMILES string of the molecule is CN1CCC[C@H]2c3cccc4c3c(cn4CC(N)=O)C[C@@H]21. The van der Waals surface area contributed by atoms with Gasteiger partial charge in [-0.3, -0.25) is 4.79 Å². The Bertz CT molecular complexity index is 718. The maximum atomic E-state index is 11.3. The predicted octanol–water partition coefficient (Wildman–Crippen LogP) is 1.86. The summed E-state index contributed by atoms with van der Waals surface area (Å²) in [6.07, 6.45) is 5.76. The van der Waals surface area contributed by atoms with Crippen LogP contribution in [-0.2, 0) is 17.8 Å². The van der Waals surface area contributed by atoms with E-state index in [9.17, 15) is 4.79 Å². The molecule has 2 heterocycles. The van der Waals surface area contributed by atoms with Gasteiger partial charge in [-0.05, 0) is 50.0 Å². The first-order chi connectivity index (χ1) is 10.1. The van der Waals surface area contributed by atoms with Gasteiger partial charge in [0.25, 0.3) is 0 Å². The molecule has 110 valence electrons. The summed E-state index contributed by atoms with van der Waals surface area (Å²) in [6.45, 7) is 1.46. The number of nitrogens with zero attached hydrogens (tertiary/aromatic N) is 2. The summed E-state index contributed by atoms with van der Waals surface area (Å²) in [7, 11) is 2.24. The summed E-state index contributed by atoms with van der Waals surface area (Å²) in [6, 6.07) is 7.10. The van der Waals surface area contributed by atoms with E-state index in [1.54, 1.807) is 0 Å². The molecule has 4 heteroatoms. The Morgan fingerprint density at radius 2 is 2.29 bits per heavy atom. The second kappa shape index (κ2) is 4.60. The lowest BCUT2D eigenvalue weighted by Crippen LogP contribution is -2.44. The Labute approximate surface area is 124 Å². The van der Waals surface area contributed by atoms with E-state index in [1.807, 2.05) is 4.57 Å². The predicted molar refractivity (Wildman–Crippen MR) is 83.2 cm³/mol. The number of rotatable bonds is 2. The molecule has 21 heavy (non-hydrogen) atoms. The van der Waals surface area contributed by atoms with Crippen molar-refractivity contribution in [1.29, 1.82) is 0 Å². The number of likely N-dealkylation sites (N-methyl/N-ethyl adjacent to an activating group) is 1. The monoisotopic (exact) mass is 283 g/mol. The van der Waals surface area contributed by atoms with Crippen molar-refractivity contribution >= 4 is 16.8 Å². The highest BCUT2D eigenvalue weighted by Crippen LogP contribution is 2.43. The van der Waals surface area contributed by atoms with Gasteiger partial charge in [-0.2, -0.15) is 0 Å². The minimum Gasteiger partial charge on any atom is -0.368 e. The van der Waals surface area contributed by atoms with Crippen LogP contribution in [0.5, 0.6) is 0 Å². The highest BCUT2D eigenvalue weighted by molar-refractivity contribution is 5.90. The van der Waals surface area contributed by atoms with Gasteiger partial charge in [0.2, 0.25) is 5.91 Å². The molecule has 0 radical (unpaired) electrons. The second-order valence-electron chi connectivity index (χ2n) is 6.49. The van der Waals surface area contributed by atoms with E-state index < -0.39 is 0 Å². The molecule has 0 spiro atoms. The molecule has 0 saturated carbocycles. The summed E-state index contributed by atoms with van der Waals surface area (Å²) in [4.78, 5) is 13.8. The average molecular weight is 283 g/mol. The number of amides is 1. The molecular weight excluding hydrogens is 262 g/mol. The Morgan fingerprint density at radius 1 is 1.43 bits per heavy atom. The first-order valence-electron chi connectivity index (χ1n) is 7.74. The van der Waals surface area contributed by atoms with E-state index in [1.165, 1.54) is 35.9 Å². The maximum absolute atomic E-state index is 11.3. The third-order valence-electron chi connectivity index (χ3n) is 5.23. The van der Waals surface area contributed by atoms with E-state index in [0.29, 0.717) is 12.0 Å². The lowest BCUT2D eigenvalue weighted by atomic mass is 9.75. The van der Waals surface area contributed by atoms with Crippen molar-refractivity contribution in [3.8, 4) is 0 Å². The van der Waals surface area contributed by atoms with Crippen LogP contribution in [0.3, 0.4) is 0 Å². The van der Waals surface area contributed by atoms with Crippen molar-refractivity contribution in [2.24, 2.45) is 5.73 Å². The molecule has 4 nitrogen and oxygen atoms in total. The van der Waals surface area contributed by atoms with Gasteiger partial charge in [0.15, 0.2) is 0 Å². The molecule has 1 aliphatic heterocycles. The highest BCUT2D eigenvalue weighted by atomic mass is 16.1. The lowest BCUT2D eigenvalue weighted by molar-refractivity contribution is -0.118. The van der Waals surface area contributed by atoms with Crippen molar-refractivity contribution < 1.29 is 4.79 Å². The fourth-order valence-electron chi connectivity index (χ4n) is 4.34. The molecule has 1 fully saturated rings. The van der Waals surface area contributed by atoms with Gasteiger partial charge in [0.05, 0.1) is 0 Å². The number of carbonyl (C=O) groups is 1. The summed E-state index contributed by atoms with van der Waals surface area (Å²) >= 11 is 0. The molecule has 1 aromatic heterocycles. The minimum absolute atomic E-state index is 0.269. The van der Waals surface area contributed by atoms with Crippen molar-refractivity contribution in [3.05, 3.63) is 35.5 Å². The van der Waals surface area contributed by atoms with Crippen molar-refractivity contribution in [1.82, 2.24) is 9.47 Å². The smallest absolute Gasteiger partial charge is 0.237 e. The summed E-state index contributed by atoms with van der Waals surface area (Å²) in [5.74, 6) is 0.349. The first-order valence-corrected chi connectivity index (χ1v) is 7.74. The van der Waals surface area contributed by atoms with Crippen LogP contribution in [-0.4, -0.2) is 35.0 Å². The first kappa shape index (κ1) is 12.9. The Balaban J connectivity index is 1.89. The quantitative estimate of drug-likeness (QED) is 0.914. The Hall–Kier alpha value is -1.81. The zero-order chi connectivity index (χ0) is 14.6. The highest BCUT2D eigenvalue weighted by Gasteiger charge is 2.36. The van der Waals surface area contributed by atoms with Crippen LogP contribution in [0.25, 0.3) is 10.9 Å². The van der Waals surface area contributed by atoms with E-state index in [4.69, 9.17) is 5.73 Å². The number of benzene rings is 1. The van der Waals surface area contributed by atoms with Crippen molar-refractivity contribution in [2.75, 3.05) is 13.6 Å². The van der Waals surface area contributed by atoms with Gasteiger partial charge in [-0.1, -0.05) is 12.1 Å². The second-order valence-corrected chi connectivity index (χ2v) is 6.49. The average Bonchev–Trinajstić information content (AvgIpc) is 2.79.